The summed E-state index contributed by atoms with van der Waals surface area (Å²) in [5, 5.41) is 0. The van der Waals surface area contributed by atoms with Gasteiger partial charge in [0.15, 0.2) is 0 Å². The Labute approximate surface area is 259 Å². The smallest absolute Gasteiger partial charge is 0.336 e. The van der Waals surface area contributed by atoms with Gasteiger partial charge in [-0.05, 0) is 49.2 Å². The van der Waals surface area contributed by atoms with Gasteiger partial charge in [0.25, 0.3) is 0 Å². The van der Waals surface area contributed by atoms with Crippen molar-refractivity contribution in [2.24, 2.45) is 0 Å². The maximum atomic E-state index is 13.5. The molecule has 0 aliphatic carbocycles. The maximum Gasteiger partial charge on any atom is 0.336 e. The number of piperazine rings is 1. The highest BCUT2D eigenvalue weighted by atomic mass is 16.5. The zero-order chi connectivity index (χ0) is 30.9. The predicted octanol–water partition coefficient (Wildman–Crippen LogP) is 5.49. The first-order chi connectivity index (χ1) is 21.4. The molecule has 3 aromatic rings. The van der Waals surface area contributed by atoms with Crippen LogP contribution < -0.4 is 4.74 Å². The Hall–Kier alpha value is -4.69. The van der Waals surface area contributed by atoms with E-state index >= 15 is 0 Å². The number of allylic oxidation sites excluding steroid dienone is 1. The number of esters is 1. The normalized spacial score (nSPS) is 17.7. The molecule has 3 aromatic carbocycles. The zero-order valence-electron chi connectivity index (χ0n) is 25.4. The average molecular weight is 594 g/mol. The number of ether oxygens (including phenoxy) is 2. The molecule has 0 aromatic heterocycles. The number of carbonyl (C=O) groups excluding carboxylic acids is 3. The minimum atomic E-state index is -0.514. The van der Waals surface area contributed by atoms with Crippen LogP contribution in [-0.4, -0.2) is 78.4 Å². The van der Waals surface area contributed by atoms with E-state index in [0.29, 0.717) is 35.9 Å². The lowest BCUT2D eigenvalue weighted by Gasteiger charge is -2.37. The van der Waals surface area contributed by atoms with Gasteiger partial charge in [0.1, 0.15) is 18.0 Å². The molecular formula is C36H39N3O5. The first kappa shape index (κ1) is 30.8. The Bertz CT molecular complexity index is 1510. The van der Waals surface area contributed by atoms with E-state index in [2.05, 4.69) is 29.2 Å². The summed E-state index contributed by atoms with van der Waals surface area (Å²) in [6.45, 7) is 7.08. The minimum Gasteiger partial charge on any atom is -0.463 e. The molecule has 44 heavy (non-hydrogen) atoms. The van der Waals surface area contributed by atoms with E-state index in [1.807, 2.05) is 72.8 Å². The topological polar surface area (TPSA) is 79.4 Å². The summed E-state index contributed by atoms with van der Waals surface area (Å²) in [6.07, 6.45) is 4.30. The quantitative estimate of drug-likeness (QED) is 0.290. The van der Waals surface area contributed by atoms with Gasteiger partial charge >= 0.3 is 5.97 Å². The van der Waals surface area contributed by atoms with Crippen LogP contribution in [0, 0.1) is 0 Å². The number of rotatable bonds is 10. The van der Waals surface area contributed by atoms with Gasteiger partial charge < -0.3 is 19.3 Å². The van der Waals surface area contributed by atoms with Gasteiger partial charge in [0.05, 0.1) is 12.2 Å². The van der Waals surface area contributed by atoms with E-state index in [4.69, 9.17) is 9.47 Å². The summed E-state index contributed by atoms with van der Waals surface area (Å²) in [5.41, 5.74) is 2.79. The van der Waals surface area contributed by atoms with Crippen LogP contribution >= 0.6 is 0 Å². The lowest BCUT2D eigenvalue weighted by atomic mass is 9.83. The molecule has 2 aliphatic heterocycles. The summed E-state index contributed by atoms with van der Waals surface area (Å²) in [7, 11) is 0. The minimum absolute atomic E-state index is 0.0507. The second-order valence-corrected chi connectivity index (χ2v) is 10.9. The predicted molar refractivity (Wildman–Crippen MR) is 170 cm³/mol. The number of nitrogens with zero attached hydrogens (tertiary/aromatic N) is 3. The van der Waals surface area contributed by atoms with Gasteiger partial charge in [0.2, 0.25) is 11.8 Å². The van der Waals surface area contributed by atoms with E-state index in [-0.39, 0.29) is 31.4 Å². The number of carbonyl (C=O) groups is 3. The molecule has 0 spiro atoms. The van der Waals surface area contributed by atoms with Gasteiger partial charge in [-0.15, -0.1) is 0 Å². The summed E-state index contributed by atoms with van der Waals surface area (Å²) in [5.74, 6) is -0.0264. The molecule has 0 saturated carbocycles. The molecule has 0 bridgehead atoms. The van der Waals surface area contributed by atoms with Crippen LogP contribution in [0.15, 0.2) is 102 Å². The third kappa shape index (κ3) is 7.63. The third-order valence-electron chi connectivity index (χ3n) is 8.05. The number of benzene rings is 3. The summed E-state index contributed by atoms with van der Waals surface area (Å²) < 4.78 is 11.4. The van der Waals surface area contributed by atoms with Crippen molar-refractivity contribution in [3.8, 4) is 11.5 Å². The van der Waals surface area contributed by atoms with Gasteiger partial charge in [-0.1, -0.05) is 72.8 Å². The van der Waals surface area contributed by atoms with Crippen LogP contribution in [0.2, 0.25) is 0 Å². The Morgan fingerprint density at radius 1 is 0.886 bits per heavy atom. The van der Waals surface area contributed by atoms with E-state index in [9.17, 15) is 14.4 Å². The average Bonchev–Trinajstić information content (AvgIpc) is 3.04. The third-order valence-corrected chi connectivity index (χ3v) is 8.05. The van der Waals surface area contributed by atoms with Crippen molar-refractivity contribution in [2.75, 3.05) is 45.9 Å². The van der Waals surface area contributed by atoms with Crippen molar-refractivity contribution in [3.63, 3.8) is 0 Å². The summed E-state index contributed by atoms with van der Waals surface area (Å²) in [6, 6.07) is 27.0. The number of hydrogen-bond acceptors (Lipinski definition) is 6. The Morgan fingerprint density at radius 3 is 2.27 bits per heavy atom. The second kappa shape index (κ2) is 14.7. The Balaban J connectivity index is 1.26. The van der Waals surface area contributed by atoms with Crippen molar-refractivity contribution in [2.45, 2.75) is 26.2 Å². The molecule has 0 radical (unpaired) electrons. The van der Waals surface area contributed by atoms with E-state index in [0.717, 1.165) is 30.8 Å². The lowest BCUT2D eigenvalue weighted by Crippen LogP contribution is -2.52. The van der Waals surface area contributed by atoms with Gasteiger partial charge in [-0.3, -0.25) is 14.5 Å². The first-order valence-electron chi connectivity index (χ1n) is 15.2. The van der Waals surface area contributed by atoms with Crippen LogP contribution in [0.1, 0.15) is 37.3 Å². The highest BCUT2D eigenvalue weighted by Crippen LogP contribution is 2.38. The van der Waals surface area contributed by atoms with Crippen LogP contribution in [0.25, 0.3) is 6.08 Å². The molecule has 1 fully saturated rings. The van der Waals surface area contributed by atoms with Crippen LogP contribution in [0.4, 0.5) is 0 Å². The summed E-state index contributed by atoms with van der Waals surface area (Å²) >= 11 is 0. The molecule has 1 saturated heterocycles. The molecule has 0 N–H and O–H groups in total. The molecule has 1 atom stereocenters. The van der Waals surface area contributed by atoms with Crippen LogP contribution in [-0.2, 0) is 19.1 Å². The number of amides is 2. The van der Waals surface area contributed by atoms with Crippen molar-refractivity contribution in [1.29, 1.82) is 0 Å². The van der Waals surface area contributed by atoms with E-state index in [1.165, 1.54) is 4.90 Å². The molecule has 8 nitrogen and oxygen atoms in total. The van der Waals surface area contributed by atoms with Crippen molar-refractivity contribution in [3.05, 3.63) is 113 Å². The first-order valence-corrected chi connectivity index (χ1v) is 15.2. The molecule has 228 valence electrons. The van der Waals surface area contributed by atoms with Gasteiger partial charge in [-0.25, -0.2) is 4.79 Å². The molecule has 2 heterocycles. The van der Waals surface area contributed by atoms with Gasteiger partial charge in [0, 0.05) is 50.8 Å². The largest absolute Gasteiger partial charge is 0.463 e. The van der Waals surface area contributed by atoms with Crippen molar-refractivity contribution >= 4 is 23.9 Å². The van der Waals surface area contributed by atoms with Gasteiger partial charge in [-0.2, -0.15) is 0 Å². The fourth-order valence-corrected chi connectivity index (χ4v) is 5.70. The molecule has 2 amide bonds. The Morgan fingerprint density at radius 2 is 1.57 bits per heavy atom. The number of hydrogen-bond donors (Lipinski definition) is 0. The molecule has 8 heteroatoms. The Kier molecular flexibility index (Phi) is 10.2. The highest BCUT2D eigenvalue weighted by Gasteiger charge is 2.38. The standard InChI is InChI=1S/C36H39N3O5/c1-3-43-36(42)35-27(2)39(26-34(41)38-22-20-37(21-23-38)19-11-14-28-12-6-4-7-13-28)33(40)25-32(35)29-15-10-18-31(24-29)44-30-16-8-5-9-17-30/h4-18,24,32H,3,19-23,25-26H2,1-2H3. The van der Waals surface area contributed by atoms with E-state index < -0.39 is 11.9 Å². The monoisotopic (exact) mass is 593 g/mol. The van der Waals surface area contributed by atoms with Crippen LogP contribution in [0.3, 0.4) is 0 Å². The fourth-order valence-electron chi connectivity index (χ4n) is 5.70. The second-order valence-electron chi connectivity index (χ2n) is 10.9. The molecular weight excluding hydrogens is 554 g/mol. The molecule has 5 rings (SSSR count). The van der Waals surface area contributed by atoms with Crippen molar-refractivity contribution < 1.29 is 23.9 Å². The lowest BCUT2D eigenvalue weighted by molar-refractivity contribution is -0.143. The van der Waals surface area contributed by atoms with Crippen molar-refractivity contribution in [1.82, 2.24) is 14.7 Å². The number of para-hydroxylation sites is 1. The zero-order valence-corrected chi connectivity index (χ0v) is 25.4. The fraction of sp³-hybridized carbons (Fsp3) is 0.306. The van der Waals surface area contributed by atoms with Crippen LogP contribution in [0.5, 0.6) is 11.5 Å². The molecule has 2 aliphatic rings. The summed E-state index contributed by atoms with van der Waals surface area (Å²) in [4.78, 5) is 45.7. The molecule has 1 unspecified atom stereocenters. The highest BCUT2D eigenvalue weighted by molar-refractivity contribution is 5.97. The maximum absolute atomic E-state index is 13.5. The van der Waals surface area contributed by atoms with E-state index in [1.54, 1.807) is 18.7 Å². The SMILES string of the molecule is CCOC(=O)C1=C(C)N(CC(=O)N2CCN(CC=Cc3ccccc3)CC2)C(=O)CC1c1cccc(Oc2ccccc2)c1.